The van der Waals surface area contributed by atoms with Crippen molar-refractivity contribution < 1.29 is 14.3 Å². The Morgan fingerprint density at radius 3 is 2.73 bits per heavy atom. The Balaban J connectivity index is 1.55. The van der Waals surface area contributed by atoms with Crippen LogP contribution in [-0.4, -0.2) is 35.4 Å². The maximum atomic E-state index is 13.2. The molecule has 7 nitrogen and oxygen atoms in total. The lowest BCUT2D eigenvalue weighted by atomic mass is 10.2. The number of carbonyl (C=O) groups excluding carboxylic acids is 1. The second kappa shape index (κ2) is 10.5. The van der Waals surface area contributed by atoms with E-state index in [4.69, 9.17) is 9.47 Å². The number of thioether (sulfide) groups is 1. The first-order valence-electron chi connectivity index (χ1n) is 10.3. The monoisotopic (exact) mass is 481 g/mol. The minimum Gasteiger partial charge on any atom is -0.497 e. The molecule has 4 aromatic rings. The van der Waals surface area contributed by atoms with Crippen molar-refractivity contribution in [2.45, 2.75) is 18.1 Å². The Hall–Kier alpha value is -3.30. The summed E-state index contributed by atoms with van der Waals surface area (Å²) in [5, 5.41) is 5.96. The van der Waals surface area contributed by atoms with Crippen LogP contribution in [0, 0.1) is 0 Å². The molecule has 0 saturated heterocycles. The van der Waals surface area contributed by atoms with Gasteiger partial charge in [-0.05, 0) is 42.1 Å². The number of nitrogens with one attached hydrogen (secondary N) is 1. The molecule has 1 N–H and O–H groups in total. The smallest absolute Gasteiger partial charge is 0.262 e. The van der Waals surface area contributed by atoms with E-state index in [9.17, 15) is 9.59 Å². The standard InChI is InChI=1S/C24H23N3O4S2/c1-30-16-9-10-21(31-2)20(14-16)25-22(28)15-33-24-26-19-8-4-3-7-18(19)23(29)27(24)12-11-17-6-5-13-32-17/h3-10,13-14H,11-12,15H2,1-2H3,(H,25,28). The predicted octanol–water partition coefficient (Wildman–Crippen LogP) is 4.45. The van der Waals surface area contributed by atoms with Gasteiger partial charge in [-0.1, -0.05) is 30.0 Å². The maximum absolute atomic E-state index is 13.2. The van der Waals surface area contributed by atoms with E-state index >= 15 is 0 Å². The van der Waals surface area contributed by atoms with Gasteiger partial charge in [-0.25, -0.2) is 4.98 Å². The quantitative estimate of drug-likeness (QED) is 0.281. The lowest BCUT2D eigenvalue weighted by molar-refractivity contribution is -0.113. The number of anilines is 1. The highest BCUT2D eigenvalue weighted by Gasteiger charge is 2.15. The largest absolute Gasteiger partial charge is 0.497 e. The fourth-order valence-electron chi connectivity index (χ4n) is 3.36. The molecule has 33 heavy (non-hydrogen) atoms. The summed E-state index contributed by atoms with van der Waals surface area (Å²) in [6.07, 6.45) is 0.721. The molecule has 0 aliphatic carbocycles. The average molecular weight is 482 g/mol. The third-order valence-corrected chi connectivity index (χ3v) is 6.91. The Bertz CT molecular complexity index is 1320. The van der Waals surface area contributed by atoms with Crippen LogP contribution in [-0.2, 0) is 17.8 Å². The van der Waals surface area contributed by atoms with Crippen molar-refractivity contribution in [3.05, 3.63) is 75.2 Å². The fraction of sp³-hybridized carbons (Fsp3) is 0.208. The van der Waals surface area contributed by atoms with Crippen LogP contribution in [0.3, 0.4) is 0 Å². The Morgan fingerprint density at radius 1 is 1.12 bits per heavy atom. The molecular weight excluding hydrogens is 458 g/mol. The number of hydrogen-bond acceptors (Lipinski definition) is 7. The van der Waals surface area contributed by atoms with Crippen LogP contribution in [0.15, 0.2) is 69.9 Å². The van der Waals surface area contributed by atoms with E-state index in [1.165, 1.54) is 23.7 Å². The number of benzene rings is 2. The molecule has 2 aromatic heterocycles. The molecule has 0 bridgehead atoms. The van der Waals surface area contributed by atoms with E-state index in [1.807, 2.05) is 35.7 Å². The van der Waals surface area contributed by atoms with Crippen molar-refractivity contribution in [2.75, 3.05) is 25.3 Å². The normalized spacial score (nSPS) is 10.8. The van der Waals surface area contributed by atoms with Crippen molar-refractivity contribution in [2.24, 2.45) is 0 Å². The number of nitrogens with zero attached hydrogens (tertiary/aromatic N) is 2. The second-order valence-corrected chi connectivity index (χ2v) is 9.08. The molecule has 0 saturated carbocycles. The second-order valence-electron chi connectivity index (χ2n) is 7.10. The number of amides is 1. The summed E-state index contributed by atoms with van der Waals surface area (Å²) in [6.45, 7) is 0.491. The number of hydrogen-bond donors (Lipinski definition) is 1. The highest BCUT2D eigenvalue weighted by molar-refractivity contribution is 7.99. The molecule has 0 fully saturated rings. The van der Waals surface area contributed by atoms with Crippen LogP contribution in [0.25, 0.3) is 10.9 Å². The third-order valence-electron chi connectivity index (χ3n) is 5.00. The highest BCUT2D eigenvalue weighted by atomic mass is 32.2. The van der Waals surface area contributed by atoms with Crippen LogP contribution >= 0.6 is 23.1 Å². The van der Waals surface area contributed by atoms with Gasteiger partial charge >= 0.3 is 0 Å². The van der Waals surface area contributed by atoms with E-state index in [0.717, 1.165) is 6.42 Å². The number of methoxy groups -OCH3 is 2. The van der Waals surface area contributed by atoms with E-state index in [2.05, 4.69) is 10.3 Å². The molecule has 0 atom stereocenters. The molecule has 1 amide bonds. The number of ether oxygens (including phenoxy) is 2. The minimum atomic E-state index is -0.237. The van der Waals surface area contributed by atoms with Crippen LogP contribution < -0.4 is 20.3 Å². The Morgan fingerprint density at radius 2 is 1.97 bits per heavy atom. The number of fused-ring (bicyclic) bond motifs is 1. The number of para-hydroxylation sites is 1. The maximum Gasteiger partial charge on any atom is 0.262 e. The number of carbonyl (C=O) groups is 1. The Kier molecular flexibility index (Phi) is 7.31. The zero-order valence-corrected chi connectivity index (χ0v) is 19.9. The molecule has 2 heterocycles. The fourth-order valence-corrected chi connectivity index (χ4v) is 4.88. The molecule has 0 aliphatic heterocycles. The molecule has 170 valence electrons. The van der Waals surface area contributed by atoms with Gasteiger partial charge in [0.25, 0.3) is 5.56 Å². The zero-order chi connectivity index (χ0) is 23.2. The highest BCUT2D eigenvalue weighted by Crippen LogP contribution is 2.29. The summed E-state index contributed by atoms with van der Waals surface area (Å²) >= 11 is 2.89. The lowest BCUT2D eigenvalue weighted by Gasteiger charge is -2.14. The average Bonchev–Trinajstić information content (AvgIpc) is 3.36. The van der Waals surface area contributed by atoms with Gasteiger partial charge in [0, 0.05) is 17.5 Å². The van der Waals surface area contributed by atoms with Gasteiger partial charge in [-0.3, -0.25) is 14.2 Å². The van der Waals surface area contributed by atoms with Gasteiger partial charge in [0.2, 0.25) is 5.91 Å². The third kappa shape index (κ3) is 5.37. The Labute approximate surface area is 199 Å². The van der Waals surface area contributed by atoms with Crippen molar-refractivity contribution >= 4 is 45.6 Å². The van der Waals surface area contributed by atoms with Crippen LogP contribution in [0.5, 0.6) is 11.5 Å². The van der Waals surface area contributed by atoms with Gasteiger partial charge in [0.05, 0.1) is 36.6 Å². The molecule has 0 spiro atoms. The van der Waals surface area contributed by atoms with Crippen molar-refractivity contribution in [1.82, 2.24) is 9.55 Å². The number of thiophene rings is 1. The predicted molar refractivity (Wildman–Crippen MR) is 133 cm³/mol. The first-order valence-corrected chi connectivity index (χ1v) is 12.1. The summed E-state index contributed by atoms with van der Waals surface area (Å²) < 4.78 is 12.2. The molecule has 0 radical (unpaired) electrons. The van der Waals surface area contributed by atoms with Gasteiger partial charge in [0.1, 0.15) is 11.5 Å². The minimum absolute atomic E-state index is 0.0874. The molecule has 9 heteroatoms. The summed E-state index contributed by atoms with van der Waals surface area (Å²) in [6, 6.07) is 16.5. The van der Waals surface area contributed by atoms with Crippen LogP contribution in [0.4, 0.5) is 5.69 Å². The lowest BCUT2D eigenvalue weighted by Crippen LogP contribution is -2.25. The first-order chi connectivity index (χ1) is 16.1. The van der Waals surface area contributed by atoms with Crippen LogP contribution in [0.2, 0.25) is 0 Å². The SMILES string of the molecule is COc1ccc(OC)c(NC(=O)CSc2nc3ccccc3c(=O)n2CCc2cccs2)c1. The van der Waals surface area contributed by atoms with E-state index in [1.54, 1.807) is 47.3 Å². The van der Waals surface area contributed by atoms with Gasteiger partial charge in [-0.2, -0.15) is 0 Å². The number of aromatic nitrogens is 2. The molecule has 0 aliphatic rings. The number of rotatable bonds is 9. The summed E-state index contributed by atoms with van der Waals surface area (Å²) in [7, 11) is 3.10. The van der Waals surface area contributed by atoms with E-state index < -0.39 is 0 Å². The van der Waals surface area contributed by atoms with Crippen molar-refractivity contribution in [3.8, 4) is 11.5 Å². The molecule has 2 aromatic carbocycles. The molecule has 4 rings (SSSR count). The van der Waals surface area contributed by atoms with Gasteiger partial charge < -0.3 is 14.8 Å². The first kappa shape index (κ1) is 22.9. The topological polar surface area (TPSA) is 82.5 Å². The number of aryl methyl sites for hydroxylation is 1. The van der Waals surface area contributed by atoms with E-state index in [-0.39, 0.29) is 17.2 Å². The van der Waals surface area contributed by atoms with Crippen LogP contribution in [0.1, 0.15) is 4.88 Å². The van der Waals surface area contributed by atoms with E-state index in [0.29, 0.717) is 39.8 Å². The van der Waals surface area contributed by atoms with Gasteiger partial charge in [-0.15, -0.1) is 11.3 Å². The summed E-state index contributed by atoms with van der Waals surface area (Å²) in [4.78, 5) is 31.8. The summed E-state index contributed by atoms with van der Waals surface area (Å²) in [5.41, 5.74) is 1.03. The zero-order valence-electron chi connectivity index (χ0n) is 18.2. The molecular formula is C24H23N3O4S2. The van der Waals surface area contributed by atoms with Crippen molar-refractivity contribution in [1.29, 1.82) is 0 Å². The van der Waals surface area contributed by atoms with Crippen molar-refractivity contribution in [3.63, 3.8) is 0 Å². The molecule has 0 unspecified atom stereocenters. The summed E-state index contributed by atoms with van der Waals surface area (Å²) in [5.74, 6) is 0.992. The van der Waals surface area contributed by atoms with Gasteiger partial charge in [0.15, 0.2) is 5.16 Å².